The van der Waals surface area contributed by atoms with Crippen molar-refractivity contribution in [1.82, 2.24) is 0 Å². The normalized spacial score (nSPS) is 9.69. The minimum Gasteiger partial charge on any atom is -0.461 e. The molecule has 70 valence electrons. The molecule has 4 heteroatoms. The number of nitrogens with two attached hydrogens (primary N) is 1. The van der Waals surface area contributed by atoms with Gasteiger partial charge in [-0.2, -0.15) is 0 Å². The molecule has 0 atom stereocenters. The average molecular weight is 244 g/mol. The summed E-state index contributed by atoms with van der Waals surface area (Å²) in [5.41, 5.74) is 7.10. The van der Waals surface area contributed by atoms with Crippen LogP contribution in [0, 0.1) is 0 Å². The Hall–Kier alpha value is -1.03. The molecule has 0 saturated carbocycles. The number of ether oxygens (including phenoxy) is 1. The van der Waals surface area contributed by atoms with E-state index in [4.69, 9.17) is 10.5 Å². The lowest BCUT2D eigenvalue weighted by atomic mass is 10.2. The first kappa shape index (κ1) is 10.1. The monoisotopic (exact) mass is 243 g/mol. The van der Waals surface area contributed by atoms with E-state index >= 15 is 0 Å². The predicted octanol–water partition coefficient (Wildman–Crippen LogP) is 2.09. The molecule has 1 rings (SSSR count). The Morgan fingerprint density at radius 2 is 2.31 bits per heavy atom. The number of benzene rings is 1. The maximum absolute atomic E-state index is 10.5. The van der Waals surface area contributed by atoms with E-state index in [0.717, 1.165) is 10.0 Å². The number of carbonyl (C=O) groups is 1. The molecular weight excluding hydrogens is 234 g/mol. The zero-order chi connectivity index (χ0) is 9.84. The van der Waals surface area contributed by atoms with E-state index in [1.807, 2.05) is 6.07 Å². The highest BCUT2D eigenvalue weighted by Gasteiger charge is 2.01. The minimum absolute atomic E-state index is 0.251. The summed E-state index contributed by atoms with van der Waals surface area (Å²) in [4.78, 5) is 10.5. The predicted molar refractivity (Wildman–Crippen MR) is 54.0 cm³/mol. The van der Waals surface area contributed by atoms with Crippen LogP contribution in [0.15, 0.2) is 22.7 Å². The lowest BCUT2D eigenvalue weighted by Crippen LogP contribution is -2.00. The molecule has 2 N–H and O–H groups in total. The van der Waals surface area contributed by atoms with Crippen LogP contribution in [0.3, 0.4) is 0 Å². The Morgan fingerprint density at radius 1 is 1.62 bits per heavy atom. The molecule has 0 aliphatic rings. The fourth-order valence-electron chi connectivity index (χ4n) is 0.885. The van der Waals surface area contributed by atoms with E-state index in [0.29, 0.717) is 5.69 Å². The lowest BCUT2D eigenvalue weighted by molar-refractivity contribution is -0.142. The van der Waals surface area contributed by atoms with Crippen molar-refractivity contribution < 1.29 is 9.53 Å². The second-order valence-electron chi connectivity index (χ2n) is 2.63. The summed E-state index contributed by atoms with van der Waals surface area (Å²) in [6.45, 7) is 1.63. The smallest absolute Gasteiger partial charge is 0.302 e. The Morgan fingerprint density at radius 3 is 2.92 bits per heavy atom. The number of hydrogen-bond acceptors (Lipinski definition) is 3. The molecule has 0 fully saturated rings. The Labute approximate surface area is 85.0 Å². The van der Waals surface area contributed by atoms with Gasteiger partial charge in [-0.15, -0.1) is 0 Å². The molecular formula is C9H10BrNO2. The van der Waals surface area contributed by atoms with Crippen LogP contribution in [0.2, 0.25) is 0 Å². The topological polar surface area (TPSA) is 52.3 Å². The zero-order valence-electron chi connectivity index (χ0n) is 7.21. The first-order chi connectivity index (χ1) is 6.09. The summed E-state index contributed by atoms with van der Waals surface area (Å²) in [6, 6.07) is 5.38. The third-order valence-corrected chi connectivity index (χ3v) is 2.27. The molecule has 0 aromatic heterocycles. The van der Waals surface area contributed by atoms with E-state index < -0.39 is 0 Å². The molecule has 0 bridgehead atoms. The lowest BCUT2D eigenvalue weighted by Gasteiger charge is -2.05. The first-order valence-electron chi connectivity index (χ1n) is 3.77. The van der Waals surface area contributed by atoms with Gasteiger partial charge < -0.3 is 10.5 Å². The van der Waals surface area contributed by atoms with Crippen LogP contribution in [0.1, 0.15) is 12.5 Å². The molecule has 13 heavy (non-hydrogen) atoms. The first-order valence-corrected chi connectivity index (χ1v) is 4.56. The van der Waals surface area contributed by atoms with Crippen molar-refractivity contribution in [2.24, 2.45) is 0 Å². The third kappa shape index (κ3) is 3.06. The van der Waals surface area contributed by atoms with Crippen LogP contribution in [-0.4, -0.2) is 5.97 Å². The molecule has 0 amide bonds. The Kier molecular flexibility index (Phi) is 3.31. The number of hydrogen-bond donors (Lipinski definition) is 1. The average Bonchev–Trinajstić information content (AvgIpc) is 2.06. The van der Waals surface area contributed by atoms with Gasteiger partial charge in [0.1, 0.15) is 6.61 Å². The Balaban J connectivity index is 2.75. The Bertz CT molecular complexity index is 325. The quantitative estimate of drug-likeness (QED) is 0.640. The van der Waals surface area contributed by atoms with Crippen molar-refractivity contribution in [3.63, 3.8) is 0 Å². The fraction of sp³-hybridized carbons (Fsp3) is 0.222. The summed E-state index contributed by atoms with van der Waals surface area (Å²) in [6.07, 6.45) is 0. The van der Waals surface area contributed by atoms with Crippen LogP contribution in [0.5, 0.6) is 0 Å². The van der Waals surface area contributed by atoms with Gasteiger partial charge in [-0.3, -0.25) is 4.79 Å². The second kappa shape index (κ2) is 4.28. The van der Waals surface area contributed by atoms with Gasteiger partial charge in [0.2, 0.25) is 0 Å². The molecule has 0 saturated heterocycles. The summed E-state index contributed by atoms with van der Waals surface area (Å²) < 4.78 is 5.73. The summed E-state index contributed by atoms with van der Waals surface area (Å²) in [5, 5.41) is 0. The van der Waals surface area contributed by atoms with Gasteiger partial charge in [0, 0.05) is 22.6 Å². The van der Waals surface area contributed by atoms with Crippen molar-refractivity contribution in [3.05, 3.63) is 28.2 Å². The molecule has 0 unspecified atom stereocenters. The molecule has 0 heterocycles. The molecule has 1 aromatic carbocycles. The molecule has 0 radical (unpaired) electrons. The van der Waals surface area contributed by atoms with Gasteiger partial charge in [0.15, 0.2) is 0 Å². The SMILES string of the molecule is CC(=O)OCc1cc(N)ccc1Br. The van der Waals surface area contributed by atoms with E-state index in [9.17, 15) is 4.79 Å². The van der Waals surface area contributed by atoms with E-state index in [2.05, 4.69) is 15.9 Å². The van der Waals surface area contributed by atoms with Gasteiger partial charge in [0.25, 0.3) is 0 Å². The van der Waals surface area contributed by atoms with Gasteiger partial charge in [-0.1, -0.05) is 15.9 Å². The molecule has 1 aromatic rings. The molecule has 0 spiro atoms. The van der Waals surface area contributed by atoms with Gasteiger partial charge in [-0.25, -0.2) is 0 Å². The number of halogens is 1. The maximum Gasteiger partial charge on any atom is 0.302 e. The summed E-state index contributed by atoms with van der Waals surface area (Å²) in [5.74, 6) is -0.297. The van der Waals surface area contributed by atoms with Crippen LogP contribution >= 0.6 is 15.9 Å². The van der Waals surface area contributed by atoms with Gasteiger partial charge >= 0.3 is 5.97 Å². The summed E-state index contributed by atoms with van der Waals surface area (Å²) >= 11 is 3.33. The van der Waals surface area contributed by atoms with Crippen LogP contribution in [0.4, 0.5) is 5.69 Å². The molecule has 3 nitrogen and oxygen atoms in total. The standard InChI is InChI=1S/C9H10BrNO2/c1-6(12)13-5-7-4-8(11)2-3-9(7)10/h2-4H,5,11H2,1H3. The van der Waals surface area contributed by atoms with E-state index in [-0.39, 0.29) is 12.6 Å². The number of carbonyl (C=O) groups excluding carboxylic acids is 1. The highest BCUT2D eigenvalue weighted by Crippen LogP contribution is 2.20. The third-order valence-electron chi connectivity index (χ3n) is 1.50. The van der Waals surface area contributed by atoms with Crippen molar-refractivity contribution in [3.8, 4) is 0 Å². The minimum atomic E-state index is -0.297. The van der Waals surface area contributed by atoms with Crippen molar-refractivity contribution in [1.29, 1.82) is 0 Å². The number of rotatable bonds is 2. The number of anilines is 1. The second-order valence-corrected chi connectivity index (χ2v) is 3.49. The van der Waals surface area contributed by atoms with Crippen molar-refractivity contribution in [2.75, 3.05) is 5.73 Å². The van der Waals surface area contributed by atoms with Gasteiger partial charge in [0.05, 0.1) is 0 Å². The fourth-order valence-corrected chi connectivity index (χ4v) is 1.25. The van der Waals surface area contributed by atoms with Crippen LogP contribution in [-0.2, 0) is 16.1 Å². The van der Waals surface area contributed by atoms with E-state index in [1.54, 1.807) is 12.1 Å². The molecule has 0 aliphatic heterocycles. The zero-order valence-corrected chi connectivity index (χ0v) is 8.80. The number of esters is 1. The van der Waals surface area contributed by atoms with Crippen LogP contribution in [0.25, 0.3) is 0 Å². The summed E-state index contributed by atoms with van der Waals surface area (Å²) in [7, 11) is 0. The maximum atomic E-state index is 10.5. The number of nitrogen functional groups attached to an aromatic ring is 1. The van der Waals surface area contributed by atoms with Crippen molar-refractivity contribution in [2.45, 2.75) is 13.5 Å². The highest BCUT2D eigenvalue weighted by molar-refractivity contribution is 9.10. The largest absolute Gasteiger partial charge is 0.461 e. The van der Waals surface area contributed by atoms with Crippen molar-refractivity contribution >= 4 is 27.6 Å². The van der Waals surface area contributed by atoms with Gasteiger partial charge in [-0.05, 0) is 18.2 Å². The van der Waals surface area contributed by atoms with E-state index in [1.165, 1.54) is 6.92 Å². The highest BCUT2D eigenvalue weighted by atomic mass is 79.9. The van der Waals surface area contributed by atoms with Crippen LogP contribution < -0.4 is 5.73 Å². The molecule has 0 aliphatic carbocycles.